The van der Waals surface area contributed by atoms with Gasteiger partial charge in [-0.25, -0.2) is 0 Å². The first kappa shape index (κ1) is 27.1. The quantitative estimate of drug-likeness (QED) is 0.361. The zero-order valence-corrected chi connectivity index (χ0v) is 22.0. The van der Waals surface area contributed by atoms with Gasteiger partial charge in [-0.15, -0.1) is 11.8 Å². The van der Waals surface area contributed by atoms with Gasteiger partial charge in [-0.1, -0.05) is 65.5 Å². The Morgan fingerprint density at radius 3 is 2.06 bits per heavy atom. The molecule has 0 aliphatic carbocycles. The number of carbonyl (C=O) groups excluding carboxylic acids is 2. The molecule has 2 atom stereocenters. The van der Waals surface area contributed by atoms with Crippen LogP contribution in [0.2, 0.25) is 20.1 Å². The number of nitrogens with zero attached hydrogens (tertiary/aromatic N) is 1. The van der Waals surface area contributed by atoms with E-state index in [-0.39, 0.29) is 30.2 Å². The lowest BCUT2D eigenvalue weighted by molar-refractivity contribution is -0.138. The van der Waals surface area contributed by atoms with Crippen LogP contribution in [0.5, 0.6) is 0 Å². The van der Waals surface area contributed by atoms with Gasteiger partial charge in [0, 0.05) is 18.3 Å². The number of hydrogen-bond acceptors (Lipinski definition) is 3. The molecule has 4 nitrogen and oxygen atoms in total. The molecule has 2 amide bonds. The summed E-state index contributed by atoms with van der Waals surface area (Å²) in [6.07, 6.45) is 0.804. The van der Waals surface area contributed by atoms with Gasteiger partial charge in [0.2, 0.25) is 11.8 Å². The Balaban J connectivity index is 2.12. The van der Waals surface area contributed by atoms with Crippen LogP contribution in [-0.2, 0) is 21.9 Å². The van der Waals surface area contributed by atoms with Crippen molar-refractivity contribution in [3.63, 3.8) is 0 Å². The van der Waals surface area contributed by atoms with Crippen molar-refractivity contribution in [2.45, 2.75) is 51.6 Å². The van der Waals surface area contributed by atoms with Crippen molar-refractivity contribution in [2.24, 2.45) is 0 Å². The first-order valence-corrected chi connectivity index (χ1v) is 12.8. The number of thioether (sulfide) groups is 1. The molecule has 174 valence electrons. The number of nitrogens with one attached hydrogen (secondary N) is 1. The van der Waals surface area contributed by atoms with Crippen LogP contribution in [0.3, 0.4) is 0 Å². The summed E-state index contributed by atoms with van der Waals surface area (Å²) < 4.78 is 0. The average Bonchev–Trinajstić information content (AvgIpc) is 2.76. The molecule has 0 saturated heterocycles. The highest BCUT2D eigenvalue weighted by Crippen LogP contribution is 2.26. The van der Waals surface area contributed by atoms with Crippen LogP contribution in [0.25, 0.3) is 0 Å². The largest absolute Gasteiger partial charge is 0.352 e. The summed E-state index contributed by atoms with van der Waals surface area (Å²) in [6.45, 7) is 5.91. The SMILES string of the molecule is CC[C@@H](C)NC(=O)[C@H](C)N(Cc1ccc(Cl)c(Cl)c1)C(=O)CSCc1ccc(Cl)c(Cl)c1. The highest BCUT2D eigenvalue weighted by atomic mass is 35.5. The van der Waals surface area contributed by atoms with Gasteiger partial charge in [0.1, 0.15) is 6.04 Å². The third-order valence-corrected chi connectivity index (χ3v) is 7.45. The monoisotopic (exact) mass is 534 g/mol. The molecule has 2 aromatic carbocycles. The van der Waals surface area contributed by atoms with Gasteiger partial charge in [0.25, 0.3) is 0 Å². The summed E-state index contributed by atoms with van der Waals surface area (Å²) in [5, 5.41) is 4.76. The lowest BCUT2D eigenvalue weighted by Crippen LogP contribution is -2.50. The Morgan fingerprint density at radius 1 is 0.938 bits per heavy atom. The summed E-state index contributed by atoms with van der Waals surface area (Å²) >= 11 is 25.6. The van der Waals surface area contributed by atoms with E-state index in [1.54, 1.807) is 42.2 Å². The maximum atomic E-state index is 13.1. The van der Waals surface area contributed by atoms with Crippen LogP contribution in [0.4, 0.5) is 0 Å². The fourth-order valence-corrected chi connectivity index (χ4v) is 4.35. The lowest BCUT2D eigenvalue weighted by Gasteiger charge is -2.29. The Labute approximate surface area is 213 Å². The van der Waals surface area contributed by atoms with E-state index in [0.29, 0.717) is 25.8 Å². The number of halogens is 4. The van der Waals surface area contributed by atoms with Crippen LogP contribution in [-0.4, -0.2) is 34.6 Å². The molecule has 0 aliphatic rings. The number of hydrogen-bond donors (Lipinski definition) is 1. The van der Waals surface area contributed by atoms with Gasteiger partial charge < -0.3 is 10.2 Å². The lowest BCUT2D eigenvalue weighted by atomic mass is 10.1. The maximum Gasteiger partial charge on any atom is 0.242 e. The normalized spacial score (nSPS) is 12.8. The molecule has 0 saturated carbocycles. The number of amides is 2. The molecule has 9 heteroatoms. The second-order valence-corrected chi connectivity index (χ2v) is 10.1. The van der Waals surface area contributed by atoms with Crippen LogP contribution >= 0.6 is 58.2 Å². The van der Waals surface area contributed by atoms with E-state index < -0.39 is 6.04 Å². The smallest absolute Gasteiger partial charge is 0.242 e. The highest BCUT2D eigenvalue weighted by Gasteiger charge is 2.26. The van der Waals surface area contributed by atoms with Crippen LogP contribution < -0.4 is 5.32 Å². The molecule has 2 rings (SSSR count). The molecule has 0 bridgehead atoms. The number of carbonyl (C=O) groups is 2. The van der Waals surface area contributed by atoms with Crippen molar-refractivity contribution in [3.05, 3.63) is 67.6 Å². The van der Waals surface area contributed by atoms with Gasteiger partial charge in [-0.2, -0.15) is 0 Å². The minimum absolute atomic E-state index is 0.0240. The van der Waals surface area contributed by atoms with Gasteiger partial charge in [-0.3, -0.25) is 9.59 Å². The van der Waals surface area contributed by atoms with E-state index in [1.165, 1.54) is 11.8 Å². The zero-order valence-electron chi connectivity index (χ0n) is 18.1. The summed E-state index contributed by atoms with van der Waals surface area (Å²) in [4.78, 5) is 27.4. The van der Waals surface area contributed by atoms with Gasteiger partial charge in [0.15, 0.2) is 0 Å². The Bertz CT molecular complexity index is 958. The second-order valence-electron chi connectivity index (χ2n) is 7.51. The second kappa shape index (κ2) is 13.0. The minimum Gasteiger partial charge on any atom is -0.352 e. The Morgan fingerprint density at radius 2 is 1.50 bits per heavy atom. The molecule has 2 aromatic rings. The first-order chi connectivity index (χ1) is 15.1. The molecule has 1 N–H and O–H groups in total. The van der Waals surface area contributed by atoms with Crippen molar-refractivity contribution in [1.29, 1.82) is 0 Å². The standard InChI is InChI=1S/C23H26Cl4N2O2S/c1-4-14(2)28-23(31)15(3)29(11-16-5-7-18(24)20(26)9-16)22(30)13-32-12-17-6-8-19(25)21(27)10-17/h5-10,14-15H,4,11-13H2,1-3H3,(H,28,31)/t14-,15+/m1/s1. The highest BCUT2D eigenvalue weighted by molar-refractivity contribution is 7.99. The topological polar surface area (TPSA) is 49.4 Å². The molecular weight excluding hydrogens is 510 g/mol. The molecule has 32 heavy (non-hydrogen) atoms. The van der Waals surface area contributed by atoms with Crippen molar-refractivity contribution < 1.29 is 9.59 Å². The Hall–Kier alpha value is -1.11. The Kier molecular flexibility index (Phi) is 11.0. The summed E-state index contributed by atoms with van der Waals surface area (Å²) in [6, 6.07) is 9.98. The third-order valence-electron chi connectivity index (χ3n) is 4.98. The van der Waals surface area contributed by atoms with E-state index in [0.717, 1.165) is 17.5 Å². The van der Waals surface area contributed by atoms with E-state index >= 15 is 0 Å². The van der Waals surface area contributed by atoms with E-state index in [2.05, 4.69) is 5.32 Å². The number of rotatable bonds is 10. The first-order valence-electron chi connectivity index (χ1n) is 10.2. The molecule has 0 spiro atoms. The molecule has 0 fully saturated rings. The van der Waals surface area contributed by atoms with Crippen molar-refractivity contribution in [1.82, 2.24) is 10.2 Å². The van der Waals surface area contributed by atoms with Crippen LogP contribution in [0, 0.1) is 0 Å². The fraction of sp³-hybridized carbons (Fsp3) is 0.391. The van der Waals surface area contributed by atoms with Crippen molar-refractivity contribution >= 4 is 70.0 Å². The molecule has 0 aromatic heterocycles. The van der Waals surface area contributed by atoms with Gasteiger partial charge in [-0.05, 0) is 55.7 Å². The van der Waals surface area contributed by atoms with Crippen molar-refractivity contribution in [2.75, 3.05) is 5.75 Å². The van der Waals surface area contributed by atoms with Crippen molar-refractivity contribution in [3.8, 4) is 0 Å². The van der Waals surface area contributed by atoms with E-state index in [9.17, 15) is 9.59 Å². The van der Waals surface area contributed by atoms with E-state index in [1.807, 2.05) is 19.9 Å². The molecule has 0 radical (unpaired) electrons. The predicted molar refractivity (Wildman–Crippen MR) is 137 cm³/mol. The maximum absolute atomic E-state index is 13.1. The fourth-order valence-electron chi connectivity index (χ4n) is 2.85. The molecule has 0 unspecified atom stereocenters. The van der Waals surface area contributed by atoms with Gasteiger partial charge in [0.05, 0.1) is 25.8 Å². The zero-order chi connectivity index (χ0) is 23.8. The predicted octanol–water partition coefficient (Wildman–Crippen LogP) is 6.87. The summed E-state index contributed by atoms with van der Waals surface area (Å²) in [7, 11) is 0. The molecule has 0 heterocycles. The number of benzene rings is 2. The summed E-state index contributed by atoms with van der Waals surface area (Å²) in [5.41, 5.74) is 1.77. The molecular formula is C23H26Cl4N2O2S. The van der Waals surface area contributed by atoms with Gasteiger partial charge >= 0.3 is 0 Å². The minimum atomic E-state index is -0.642. The van der Waals surface area contributed by atoms with E-state index in [4.69, 9.17) is 46.4 Å². The molecule has 0 aliphatic heterocycles. The van der Waals surface area contributed by atoms with Crippen LogP contribution in [0.15, 0.2) is 36.4 Å². The third kappa shape index (κ3) is 8.03. The average molecular weight is 536 g/mol. The summed E-state index contributed by atoms with van der Waals surface area (Å²) in [5.74, 6) is 0.467. The van der Waals surface area contributed by atoms with Crippen LogP contribution in [0.1, 0.15) is 38.3 Å².